The van der Waals surface area contributed by atoms with E-state index in [4.69, 9.17) is 9.47 Å². The SMILES string of the molecule is COc1ccc([C@@H](C)NC[C@]2(O)CCOC2)c(Br)c1. The fourth-order valence-corrected chi connectivity index (χ4v) is 2.88. The molecule has 2 atom stereocenters. The van der Waals surface area contributed by atoms with Crippen LogP contribution in [0.4, 0.5) is 0 Å². The molecule has 1 fully saturated rings. The Labute approximate surface area is 122 Å². The normalized spacial score (nSPS) is 24.4. The number of nitrogens with one attached hydrogen (secondary N) is 1. The van der Waals surface area contributed by atoms with Gasteiger partial charge in [0.25, 0.3) is 0 Å². The average molecular weight is 330 g/mol. The molecule has 4 nitrogen and oxygen atoms in total. The topological polar surface area (TPSA) is 50.7 Å². The van der Waals surface area contributed by atoms with E-state index >= 15 is 0 Å². The molecule has 0 bridgehead atoms. The molecule has 19 heavy (non-hydrogen) atoms. The second-order valence-electron chi connectivity index (χ2n) is 5.02. The van der Waals surface area contributed by atoms with Crippen molar-refractivity contribution in [2.24, 2.45) is 0 Å². The molecular weight excluding hydrogens is 310 g/mol. The van der Waals surface area contributed by atoms with Crippen molar-refractivity contribution >= 4 is 15.9 Å². The lowest BCUT2D eigenvalue weighted by Gasteiger charge is -2.24. The fourth-order valence-electron chi connectivity index (χ4n) is 2.17. The summed E-state index contributed by atoms with van der Waals surface area (Å²) in [6.45, 7) is 3.66. The van der Waals surface area contributed by atoms with Gasteiger partial charge in [-0.2, -0.15) is 0 Å². The van der Waals surface area contributed by atoms with Crippen LogP contribution in [0.3, 0.4) is 0 Å². The zero-order valence-electron chi connectivity index (χ0n) is 11.3. The Morgan fingerprint density at radius 1 is 1.58 bits per heavy atom. The van der Waals surface area contributed by atoms with E-state index in [2.05, 4.69) is 28.2 Å². The highest BCUT2D eigenvalue weighted by Crippen LogP contribution is 2.28. The highest BCUT2D eigenvalue weighted by Gasteiger charge is 2.32. The summed E-state index contributed by atoms with van der Waals surface area (Å²) in [7, 11) is 1.65. The van der Waals surface area contributed by atoms with Crippen molar-refractivity contribution in [1.29, 1.82) is 0 Å². The number of halogens is 1. The number of ether oxygens (including phenoxy) is 2. The lowest BCUT2D eigenvalue weighted by atomic mass is 10.0. The Balaban J connectivity index is 1.97. The van der Waals surface area contributed by atoms with E-state index in [1.807, 2.05) is 18.2 Å². The molecule has 1 saturated heterocycles. The number of benzene rings is 1. The molecule has 1 aromatic rings. The van der Waals surface area contributed by atoms with Crippen molar-refractivity contribution in [3.63, 3.8) is 0 Å². The predicted octanol–water partition coefficient (Wildman–Crippen LogP) is 2.26. The molecule has 2 rings (SSSR count). The molecule has 1 heterocycles. The van der Waals surface area contributed by atoms with Crippen molar-refractivity contribution in [2.75, 3.05) is 26.9 Å². The minimum Gasteiger partial charge on any atom is -0.497 e. The zero-order valence-corrected chi connectivity index (χ0v) is 12.9. The van der Waals surface area contributed by atoms with Gasteiger partial charge < -0.3 is 19.9 Å². The van der Waals surface area contributed by atoms with Crippen molar-refractivity contribution in [1.82, 2.24) is 5.32 Å². The summed E-state index contributed by atoms with van der Waals surface area (Å²) < 4.78 is 11.4. The first-order chi connectivity index (χ1) is 9.04. The summed E-state index contributed by atoms with van der Waals surface area (Å²) in [6.07, 6.45) is 0.691. The minimum absolute atomic E-state index is 0.143. The maximum absolute atomic E-state index is 10.2. The Hall–Kier alpha value is -0.620. The molecule has 0 aliphatic carbocycles. The molecule has 1 aliphatic rings. The quantitative estimate of drug-likeness (QED) is 0.870. The van der Waals surface area contributed by atoms with Crippen LogP contribution in [0.2, 0.25) is 0 Å². The summed E-state index contributed by atoms with van der Waals surface area (Å²) in [6, 6.07) is 6.05. The molecular formula is C14H20BrNO3. The third-order valence-electron chi connectivity index (χ3n) is 3.49. The van der Waals surface area contributed by atoms with Gasteiger partial charge in [-0.1, -0.05) is 22.0 Å². The molecule has 5 heteroatoms. The maximum atomic E-state index is 10.2. The third-order valence-corrected chi connectivity index (χ3v) is 4.18. The van der Waals surface area contributed by atoms with Gasteiger partial charge in [0.2, 0.25) is 0 Å². The molecule has 1 aliphatic heterocycles. The minimum atomic E-state index is -0.729. The van der Waals surface area contributed by atoms with Gasteiger partial charge in [0, 0.05) is 30.1 Å². The van der Waals surface area contributed by atoms with Gasteiger partial charge in [0.05, 0.1) is 13.7 Å². The second kappa shape index (κ2) is 6.22. The maximum Gasteiger partial charge on any atom is 0.120 e. The van der Waals surface area contributed by atoms with Crippen molar-refractivity contribution in [2.45, 2.75) is 25.0 Å². The van der Waals surface area contributed by atoms with Crippen LogP contribution < -0.4 is 10.1 Å². The number of methoxy groups -OCH3 is 1. The number of hydrogen-bond donors (Lipinski definition) is 2. The van der Waals surface area contributed by atoms with Crippen LogP contribution in [0.15, 0.2) is 22.7 Å². The first kappa shape index (κ1) is 14.8. The molecule has 0 amide bonds. The van der Waals surface area contributed by atoms with Crippen LogP contribution in [-0.4, -0.2) is 37.6 Å². The predicted molar refractivity (Wildman–Crippen MR) is 77.5 cm³/mol. The van der Waals surface area contributed by atoms with Gasteiger partial charge >= 0.3 is 0 Å². The average Bonchev–Trinajstić information content (AvgIpc) is 2.83. The van der Waals surface area contributed by atoms with Gasteiger partial charge in [-0.15, -0.1) is 0 Å². The van der Waals surface area contributed by atoms with E-state index in [0.29, 0.717) is 26.2 Å². The molecule has 0 unspecified atom stereocenters. The highest BCUT2D eigenvalue weighted by atomic mass is 79.9. The van der Waals surface area contributed by atoms with E-state index in [9.17, 15) is 5.11 Å². The Kier molecular flexibility index (Phi) is 4.84. The number of hydrogen-bond acceptors (Lipinski definition) is 4. The molecule has 1 aromatic carbocycles. The molecule has 0 aromatic heterocycles. The Morgan fingerprint density at radius 2 is 2.37 bits per heavy atom. The Morgan fingerprint density at radius 3 is 2.95 bits per heavy atom. The van der Waals surface area contributed by atoms with Crippen molar-refractivity contribution in [3.8, 4) is 5.75 Å². The summed E-state index contributed by atoms with van der Waals surface area (Å²) in [4.78, 5) is 0. The Bertz CT molecular complexity index is 433. The lowest BCUT2D eigenvalue weighted by Crippen LogP contribution is -2.41. The zero-order chi connectivity index (χ0) is 13.9. The number of aliphatic hydroxyl groups is 1. The summed E-state index contributed by atoms with van der Waals surface area (Å²) in [5.74, 6) is 0.825. The van der Waals surface area contributed by atoms with Gasteiger partial charge in [-0.05, 0) is 24.6 Å². The molecule has 2 N–H and O–H groups in total. The first-order valence-electron chi connectivity index (χ1n) is 6.41. The third kappa shape index (κ3) is 3.69. The van der Waals surface area contributed by atoms with Gasteiger partial charge in [-0.25, -0.2) is 0 Å². The van der Waals surface area contributed by atoms with Crippen LogP contribution in [0.1, 0.15) is 24.9 Å². The molecule has 106 valence electrons. The monoisotopic (exact) mass is 329 g/mol. The highest BCUT2D eigenvalue weighted by molar-refractivity contribution is 9.10. The van der Waals surface area contributed by atoms with Gasteiger partial charge in [0.15, 0.2) is 0 Å². The van der Waals surface area contributed by atoms with Crippen LogP contribution in [0.25, 0.3) is 0 Å². The first-order valence-corrected chi connectivity index (χ1v) is 7.20. The van der Waals surface area contributed by atoms with Crippen LogP contribution >= 0.6 is 15.9 Å². The molecule has 0 radical (unpaired) electrons. The van der Waals surface area contributed by atoms with E-state index in [0.717, 1.165) is 15.8 Å². The van der Waals surface area contributed by atoms with Gasteiger partial charge in [-0.3, -0.25) is 0 Å². The van der Waals surface area contributed by atoms with Crippen LogP contribution in [0.5, 0.6) is 5.75 Å². The van der Waals surface area contributed by atoms with E-state index in [-0.39, 0.29) is 6.04 Å². The van der Waals surface area contributed by atoms with Crippen molar-refractivity contribution in [3.05, 3.63) is 28.2 Å². The van der Waals surface area contributed by atoms with Gasteiger partial charge in [0.1, 0.15) is 11.4 Å². The summed E-state index contributed by atoms with van der Waals surface area (Å²) in [5, 5.41) is 13.6. The van der Waals surface area contributed by atoms with Crippen LogP contribution in [0, 0.1) is 0 Å². The van der Waals surface area contributed by atoms with E-state index < -0.39 is 5.60 Å². The smallest absolute Gasteiger partial charge is 0.120 e. The van der Waals surface area contributed by atoms with E-state index in [1.165, 1.54) is 0 Å². The molecule has 0 saturated carbocycles. The molecule has 0 spiro atoms. The fraction of sp³-hybridized carbons (Fsp3) is 0.571. The number of rotatable bonds is 5. The second-order valence-corrected chi connectivity index (χ2v) is 5.87. The van der Waals surface area contributed by atoms with Crippen molar-refractivity contribution < 1.29 is 14.6 Å². The van der Waals surface area contributed by atoms with Crippen LogP contribution in [-0.2, 0) is 4.74 Å². The largest absolute Gasteiger partial charge is 0.497 e. The summed E-state index contributed by atoms with van der Waals surface area (Å²) >= 11 is 3.55. The standard InChI is InChI=1S/C14H20BrNO3/c1-10(16-8-14(17)5-6-19-9-14)12-4-3-11(18-2)7-13(12)15/h3-4,7,10,16-17H,5-6,8-9H2,1-2H3/t10-,14-/m1/s1. The van der Waals surface area contributed by atoms with E-state index in [1.54, 1.807) is 7.11 Å². The summed E-state index contributed by atoms with van der Waals surface area (Å²) in [5.41, 5.74) is 0.413. The lowest BCUT2D eigenvalue weighted by molar-refractivity contribution is 0.0252.